The number of benzene rings is 1. The van der Waals surface area contributed by atoms with Crippen LogP contribution in [0.25, 0.3) is 0 Å². The molecule has 1 aromatic heterocycles. The molecule has 0 unspecified atom stereocenters. The van der Waals surface area contributed by atoms with Gasteiger partial charge in [-0.25, -0.2) is 0 Å². The number of rotatable bonds is 4. The van der Waals surface area contributed by atoms with Crippen molar-refractivity contribution >= 4 is 38.9 Å². The Balaban J connectivity index is 1.76. The van der Waals surface area contributed by atoms with Crippen LogP contribution in [0.3, 0.4) is 0 Å². The molecule has 0 aliphatic heterocycles. The number of nitrogens with two attached hydrogens (primary N) is 1. The van der Waals surface area contributed by atoms with Crippen molar-refractivity contribution < 1.29 is 4.79 Å². The molecule has 1 heterocycles. The maximum Gasteiger partial charge on any atom is 0.233 e. The van der Waals surface area contributed by atoms with Gasteiger partial charge in [-0.15, -0.1) is 11.3 Å². The molecule has 1 aromatic carbocycles. The lowest BCUT2D eigenvalue weighted by molar-refractivity contribution is -0.133. The monoisotopic (exact) mass is 364 g/mol. The standard InChI is InChI=1S/C16H17BrN2OS/c1-19(9-11-8-14(17)21-10-11)15(20)16(6-7-16)12-2-4-13(18)5-3-12/h2-5,8,10H,6-7,9,18H2,1H3. The molecule has 1 amide bonds. The van der Waals surface area contributed by atoms with Crippen LogP contribution in [-0.2, 0) is 16.8 Å². The molecule has 1 fully saturated rings. The van der Waals surface area contributed by atoms with E-state index in [1.165, 1.54) is 0 Å². The largest absolute Gasteiger partial charge is 0.399 e. The van der Waals surface area contributed by atoms with Gasteiger partial charge in [-0.05, 0) is 63.5 Å². The van der Waals surface area contributed by atoms with E-state index in [-0.39, 0.29) is 11.3 Å². The maximum absolute atomic E-state index is 12.8. The molecule has 21 heavy (non-hydrogen) atoms. The van der Waals surface area contributed by atoms with Crippen LogP contribution in [-0.4, -0.2) is 17.9 Å². The predicted octanol–water partition coefficient (Wildman–Crippen LogP) is 3.78. The lowest BCUT2D eigenvalue weighted by atomic mass is 9.94. The van der Waals surface area contributed by atoms with E-state index < -0.39 is 0 Å². The normalized spacial score (nSPS) is 15.7. The first-order valence-corrected chi connectivity index (χ1v) is 8.53. The Hall–Kier alpha value is -1.33. The van der Waals surface area contributed by atoms with Crippen molar-refractivity contribution in [1.82, 2.24) is 4.90 Å². The predicted molar refractivity (Wildman–Crippen MR) is 90.3 cm³/mol. The van der Waals surface area contributed by atoms with E-state index in [9.17, 15) is 4.79 Å². The summed E-state index contributed by atoms with van der Waals surface area (Å²) in [5.41, 5.74) is 8.39. The van der Waals surface area contributed by atoms with Gasteiger partial charge in [0.15, 0.2) is 0 Å². The third kappa shape index (κ3) is 2.85. The van der Waals surface area contributed by atoms with Gasteiger partial charge in [0, 0.05) is 19.3 Å². The summed E-state index contributed by atoms with van der Waals surface area (Å²) in [6.07, 6.45) is 1.85. The Morgan fingerprint density at radius 3 is 2.57 bits per heavy atom. The topological polar surface area (TPSA) is 46.3 Å². The molecular weight excluding hydrogens is 348 g/mol. The average molecular weight is 365 g/mol. The van der Waals surface area contributed by atoms with Crippen molar-refractivity contribution in [3.05, 3.63) is 50.6 Å². The minimum Gasteiger partial charge on any atom is -0.399 e. The zero-order chi connectivity index (χ0) is 15.0. The highest BCUT2D eigenvalue weighted by atomic mass is 79.9. The zero-order valence-electron chi connectivity index (χ0n) is 11.8. The molecule has 3 nitrogen and oxygen atoms in total. The van der Waals surface area contributed by atoms with Gasteiger partial charge in [0.05, 0.1) is 9.20 Å². The van der Waals surface area contributed by atoms with Crippen LogP contribution in [0.4, 0.5) is 5.69 Å². The molecule has 3 rings (SSSR count). The quantitative estimate of drug-likeness (QED) is 0.839. The average Bonchev–Trinajstić information content (AvgIpc) is 3.17. The third-order valence-corrected chi connectivity index (χ3v) is 5.56. The molecule has 1 saturated carbocycles. The molecule has 0 bridgehead atoms. The van der Waals surface area contributed by atoms with E-state index >= 15 is 0 Å². The van der Waals surface area contributed by atoms with Crippen LogP contribution < -0.4 is 5.73 Å². The Morgan fingerprint density at radius 2 is 2.05 bits per heavy atom. The van der Waals surface area contributed by atoms with Crippen molar-refractivity contribution in [2.24, 2.45) is 0 Å². The summed E-state index contributed by atoms with van der Waals surface area (Å²) in [7, 11) is 1.88. The van der Waals surface area contributed by atoms with Crippen molar-refractivity contribution in [3.63, 3.8) is 0 Å². The third-order valence-electron chi connectivity index (χ3n) is 4.01. The van der Waals surface area contributed by atoms with Gasteiger partial charge in [-0.2, -0.15) is 0 Å². The van der Waals surface area contributed by atoms with Crippen molar-refractivity contribution in [3.8, 4) is 0 Å². The molecule has 0 radical (unpaired) electrons. The summed E-state index contributed by atoms with van der Waals surface area (Å²) in [5.74, 6) is 0.203. The number of hydrogen-bond donors (Lipinski definition) is 1. The van der Waals surface area contributed by atoms with E-state index in [1.54, 1.807) is 11.3 Å². The van der Waals surface area contributed by atoms with E-state index in [0.717, 1.165) is 33.4 Å². The lowest BCUT2D eigenvalue weighted by Gasteiger charge is -2.23. The molecule has 110 valence electrons. The zero-order valence-corrected chi connectivity index (χ0v) is 14.2. The SMILES string of the molecule is CN(Cc1csc(Br)c1)C(=O)C1(c2ccc(N)cc2)CC1. The Bertz CT molecular complexity index is 661. The van der Waals surface area contributed by atoms with Gasteiger partial charge in [0.25, 0.3) is 0 Å². The molecule has 1 aliphatic rings. The van der Waals surface area contributed by atoms with Crippen molar-refractivity contribution in [2.75, 3.05) is 12.8 Å². The fraction of sp³-hybridized carbons (Fsp3) is 0.312. The number of carbonyl (C=O) groups is 1. The minimum absolute atomic E-state index is 0.203. The van der Waals surface area contributed by atoms with Crippen LogP contribution in [0.2, 0.25) is 0 Å². The van der Waals surface area contributed by atoms with Crippen LogP contribution >= 0.6 is 27.3 Å². The van der Waals surface area contributed by atoms with E-state index in [4.69, 9.17) is 5.73 Å². The van der Waals surface area contributed by atoms with Gasteiger partial charge >= 0.3 is 0 Å². The Kier molecular flexibility index (Phi) is 3.80. The fourth-order valence-electron chi connectivity index (χ4n) is 2.69. The van der Waals surface area contributed by atoms with E-state index in [2.05, 4.69) is 27.4 Å². The number of anilines is 1. The van der Waals surface area contributed by atoms with Gasteiger partial charge < -0.3 is 10.6 Å². The number of thiophene rings is 1. The summed E-state index contributed by atoms with van der Waals surface area (Å²) >= 11 is 5.10. The molecule has 0 saturated heterocycles. The summed E-state index contributed by atoms with van der Waals surface area (Å²) < 4.78 is 1.10. The maximum atomic E-state index is 12.8. The first-order chi connectivity index (χ1) is 10.0. The molecule has 0 spiro atoms. The molecule has 1 aliphatic carbocycles. The number of halogens is 1. The Labute approximate surface area is 136 Å². The number of nitrogens with zero attached hydrogens (tertiary/aromatic N) is 1. The molecule has 2 N–H and O–H groups in total. The number of likely N-dealkylation sites (N-methyl/N-ethyl adjacent to an activating group) is 1. The molecule has 0 atom stereocenters. The minimum atomic E-state index is -0.324. The van der Waals surface area contributed by atoms with E-state index in [1.807, 2.05) is 36.2 Å². The summed E-state index contributed by atoms with van der Waals surface area (Å²) in [6, 6.07) is 9.78. The highest BCUT2D eigenvalue weighted by Crippen LogP contribution is 2.49. The first-order valence-electron chi connectivity index (χ1n) is 6.86. The number of amides is 1. The van der Waals surface area contributed by atoms with Crippen LogP contribution in [0, 0.1) is 0 Å². The summed E-state index contributed by atoms with van der Waals surface area (Å²) in [4.78, 5) is 14.6. The van der Waals surface area contributed by atoms with Crippen molar-refractivity contribution in [2.45, 2.75) is 24.8 Å². The number of carbonyl (C=O) groups excluding carboxylic acids is 1. The van der Waals surface area contributed by atoms with Crippen LogP contribution in [0.1, 0.15) is 24.0 Å². The highest BCUT2D eigenvalue weighted by molar-refractivity contribution is 9.11. The van der Waals surface area contributed by atoms with Gasteiger partial charge in [0.2, 0.25) is 5.91 Å². The fourth-order valence-corrected chi connectivity index (χ4v) is 3.89. The number of nitrogen functional groups attached to an aromatic ring is 1. The summed E-state index contributed by atoms with van der Waals surface area (Å²) in [6.45, 7) is 0.650. The lowest BCUT2D eigenvalue weighted by Crippen LogP contribution is -2.36. The molecular formula is C16H17BrN2OS. The first kappa shape index (κ1) is 14.6. The second kappa shape index (κ2) is 5.46. The van der Waals surface area contributed by atoms with Crippen LogP contribution in [0.15, 0.2) is 39.5 Å². The van der Waals surface area contributed by atoms with Gasteiger partial charge in [-0.3, -0.25) is 4.79 Å². The molecule has 5 heteroatoms. The van der Waals surface area contributed by atoms with Crippen molar-refractivity contribution in [1.29, 1.82) is 0 Å². The highest BCUT2D eigenvalue weighted by Gasteiger charge is 2.52. The second-order valence-corrected chi connectivity index (χ2v) is 7.91. The molecule has 2 aromatic rings. The number of hydrogen-bond acceptors (Lipinski definition) is 3. The van der Waals surface area contributed by atoms with E-state index in [0.29, 0.717) is 6.54 Å². The van der Waals surface area contributed by atoms with Crippen LogP contribution in [0.5, 0.6) is 0 Å². The smallest absolute Gasteiger partial charge is 0.233 e. The second-order valence-electron chi connectivity index (χ2n) is 5.62. The Morgan fingerprint density at radius 1 is 1.38 bits per heavy atom. The van der Waals surface area contributed by atoms with Gasteiger partial charge in [-0.1, -0.05) is 12.1 Å². The summed E-state index contributed by atoms with van der Waals surface area (Å²) in [5, 5.41) is 2.08. The van der Waals surface area contributed by atoms with Gasteiger partial charge in [0.1, 0.15) is 0 Å².